The molecule has 0 amide bonds. The van der Waals surface area contributed by atoms with Gasteiger partial charge in [0, 0.05) is 19.6 Å². The first-order valence-corrected chi connectivity index (χ1v) is 13.2. The van der Waals surface area contributed by atoms with Gasteiger partial charge in [-0.25, -0.2) is 0 Å². The van der Waals surface area contributed by atoms with Crippen molar-refractivity contribution in [2.75, 3.05) is 0 Å². The molecule has 144 valence electrons. The van der Waals surface area contributed by atoms with E-state index in [4.69, 9.17) is 0 Å². The van der Waals surface area contributed by atoms with E-state index in [0.717, 1.165) is 0 Å². The summed E-state index contributed by atoms with van der Waals surface area (Å²) >= 11 is 8.21. The summed E-state index contributed by atoms with van der Waals surface area (Å²) in [6, 6.07) is 36.0. The molecule has 0 saturated heterocycles. The summed E-state index contributed by atoms with van der Waals surface area (Å²) in [5, 5.41) is 0. The standard InChI is InChI=1S/C26H16S4/c1-3-11-19-17(9-1)18-10-2-4-12-20(18)26(29-23-15-7-8-16-24(23)30-26)25(19)27-21-13-5-6-14-22(21)28-25/h1-16H. The third kappa shape index (κ3) is 2.20. The number of thioether (sulfide) groups is 4. The Morgan fingerprint density at radius 2 is 0.667 bits per heavy atom. The second-order valence-corrected chi connectivity index (χ2v) is 13.2. The van der Waals surface area contributed by atoms with Gasteiger partial charge in [-0.3, -0.25) is 0 Å². The summed E-state index contributed by atoms with van der Waals surface area (Å²) in [5.41, 5.74) is 5.65. The largest absolute Gasteiger partial charge is 0.124 e. The Bertz CT molecular complexity index is 1170. The van der Waals surface area contributed by atoms with E-state index in [1.54, 1.807) is 0 Å². The lowest BCUT2D eigenvalue weighted by atomic mass is 9.84. The average molecular weight is 457 g/mol. The number of hydrogen-bond donors (Lipinski definition) is 0. The molecule has 2 aliphatic heterocycles. The highest BCUT2D eigenvalue weighted by Crippen LogP contribution is 2.81. The molecule has 30 heavy (non-hydrogen) atoms. The van der Waals surface area contributed by atoms with Crippen LogP contribution in [0.3, 0.4) is 0 Å². The molecule has 3 aliphatic rings. The van der Waals surface area contributed by atoms with Crippen LogP contribution in [-0.4, -0.2) is 0 Å². The van der Waals surface area contributed by atoms with Crippen LogP contribution in [0.2, 0.25) is 0 Å². The molecule has 4 aromatic carbocycles. The highest BCUT2D eigenvalue weighted by molar-refractivity contribution is 8.26. The van der Waals surface area contributed by atoms with E-state index in [1.165, 1.54) is 41.8 Å². The third-order valence-corrected chi connectivity index (χ3v) is 13.3. The van der Waals surface area contributed by atoms with Crippen molar-refractivity contribution in [2.24, 2.45) is 0 Å². The van der Waals surface area contributed by atoms with Crippen molar-refractivity contribution in [3.05, 3.63) is 108 Å². The third-order valence-electron chi connectivity index (χ3n) is 6.00. The zero-order valence-corrected chi connectivity index (χ0v) is 19.1. The normalized spacial score (nSPS) is 18.7. The van der Waals surface area contributed by atoms with Crippen molar-refractivity contribution in [3.8, 4) is 11.1 Å². The first kappa shape index (κ1) is 17.9. The van der Waals surface area contributed by atoms with Crippen molar-refractivity contribution < 1.29 is 0 Å². The Kier molecular flexibility index (Phi) is 3.82. The van der Waals surface area contributed by atoms with Gasteiger partial charge in [0.05, 0.1) is 0 Å². The monoisotopic (exact) mass is 456 g/mol. The van der Waals surface area contributed by atoms with Crippen LogP contribution < -0.4 is 0 Å². The van der Waals surface area contributed by atoms with Crippen LogP contribution in [0.1, 0.15) is 11.1 Å². The molecule has 2 spiro atoms. The molecular weight excluding hydrogens is 441 g/mol. The second kappa shape index (κ2) is 6.39. The lowest BCUT2D eigenvalue weighted by Gasteiger charge is -2.49. The molecule has 7 rings (SSSR count). The van der Waals surface area contributed by atoms with E-state index >= 15 is 0 Å². The molecule has 0 aromatic heterocycles. The molecule has 0 atom stereocenters. The predicted molar refractivity (Wildman–Crippen MR) is 132 cm³/mol. The quantitative estimate of drug-likeness (QED) is 0.260. The van der Waals surface area contributed by atoms with Gasteiger partial charge >= 0.3 is 0 Å². The summed E-state index contributed by atoms with van der Waals surface area (Å²) in [5.74, 6) is 0. The molecule has 0 fully saturated rings. The van der Waals surface area contributed by atoms with Gasteiger partial charge in [0.25, 0.3) is 0 Å². The van der Waals surface area contributed by atoms with E-state index in [-0.39, 0.29) is 8.16 Å². The predicted octanol–water partition coefficient (Wildman–Crippen LogP) is 8.47. The van der Waals surface area contributed by atoms with Crippen molar-refractivity contribution >= 4 is 47.0 Å². The molecule has 0 radical (unpaired) electrons. The summed E-state index contributed by atoms with van der Waals surface area (Å²) in [6.45, 7) is 0. The van der Waals surface area contributed by atoms with Gasteiger partial charge in [-0.15, -0.1) is 0 Å². The van der Waals surface area contributed by atoms with Gasteiger partial charge in [0.2, 0.25) is 0 Å². The fourth-order valence-electron chi connectivity index (χ4n) is 4.75. The first-order chi connectivity index (χ1) is 14.8. The van der Waals surface area contributed by atoms with Gasteiger partial charge in [0.15, 0.2) is 0 Å². The maximum atomic E-state index is 2.36. The molecule has 4 aromatic rings. The molecule has 2 heterocycles. The number of rotatable bonds is 0. The van der Waals surface area contributed by atoms with E-state index in [9.17, 15) is 0 Å². The van der Waals surface area contributed by atoms with Gasteiger partial charge in [0.1, 0.15) is 8.16 Å². The van der Waals surface area contributed by atoms with E-state index in [0.29, 0.717) is 0 Å². The van der Waals surface area contributed by atoms with Gasteiger partial charge in [-0.2, -0.15) is 0 Å². The van der Waals surface area contributed by atoms with Crippen molar-refractivity contribution in [2.45, 2.75) is 27.7 Å². The van der Waals surface area contributed by atoms with Crippen molar-refractivity contribution in [1.29, 1.82) is 0 Å². The van der Waals surface area contributed by atoms with Gasteiger partial charge in [-0.1, -0.05) is 120 Å². The number of fused-ring (bicyclic) bond motifs is 8. The van der Waals surface area contributed by atoms with Crippen LogP contribution in [0, 0.1) is 0 Å². The minimum absolute atomic E-state index is 0.129. The number of hydrogen-bond acceptors (Lipinski definition) is 4. The molecule has 0 nitrogen and oxygen atoms in total. The second-order valence-electron chi connectivity index (χ2n) is 7.63. The SMILES string of the molecule is c1ccc2c(c1)SC1(S2)c2ccccc2-c2ccccc2C12Sc1ccccc1S2. The average Bonchev–Trinajstić information content (AvgIpc) is 3.39. The number of benzene rings is 4. The van der Waals surface area contributed by atoms with Crippen LogP contribution in [0.15, 0.2) is 117 Å². The van der Waals surface area contributed by atoms with Gasteiger partial charge in [-0.05, 0) is 46.5 Å². The Morgan fingerprint density at radius 1 is 0.367 bits per heavy atom. The topological polar surface area (TPSA) is 0 Å². The van der Waals surface area contributed by atoms with Crippen LogP contribution in [0.25, 0.3) is 11.1 Å². The molecule has 0 N–H and O–H groups in total. The smallest absolute Gasteiger partial charge is 0.0990 e. The first-order valence-electron chi connectivity index (χ1n) is 9.94. The molecule has 0 saturated carbocycles. The van der Waals surface area contributed by atoms with Crippen molar-refractivity contribution in [3.63, 3.8) is 0 Å². The van der Waals surface area contributed by atoms with Crippen LogP contribution >= 0.6 is 47.0 Å². The van der Waals surface area contributed by atoms with Crippen LogP contribution in [-0.2, 0) is 8.16 Å². The molecule has 4 heteroatoms. The molecule has 0 bridgehead atoms. The van der Waals surface area contributed by atoms with E-state index in [2.05, 4.69) is 144 Å². The maximum Gasteiger partial charge on any atom is 0.124 e. The summed E-state index contributed by atoms with van der Waals surface area (Å²) in [7, 11) is 0. The highest BCUT2D eigenvalue weighted by Gasteiger charge is 2.64. The summed E-state index contributed by atoms with van der Waals surface area (Å²) in [4.78, 5) is 5.59. The van der Waals surface area contributed by atoms with E-state index < -0.39 is 0 Å². The van der Waals surface area contributed by atoms with Crippen LogP contribution in [0.4, 0.5) is 0 Å². The molecular formula is C26H16S4. The fourth-order valence-corrected chi connectivity index (χ4v) is 12.3. The molecule has 1 aliphatic carbocycles. The van der Waals surface area contributed by atoms with Gasteiger partial charge < -0.3 is 0 Å². The van der Waals surface area contributed by atoms with Crippen molar-refractivity contribution in [1.82, 2.24) is 0 Å². The lowest BCUT2D eigenvalue weighted by molar-refractivity contribution is 0.780. The summed E-state index contributed by atoms with van der Waals surface area (Å²) in [6.07, 6.45) is 0. The minimum atomic E-state index is -0.129. The Labute approximate surface area is 193 Å². The molecule has 0 unspecified atom stereocenters. The Balaban J connectivity index is 1.57. The Hall–Kier alpha value is -1.72. The highest BCUT2D eigenvalue weighted by atomic mass is 32.2. The maximum absolute atomic E-state index is 2.36. The fraction of sp³-hybridized carbons (Fsp3) is 0.0769. The zero-order chi connectivity index (χ0) is 19.8. The van der Waals surface area contributed by atoms with E-state index in [1.807, 2.05) is 0 Å². The minimum Gasteiger partial charge on any atom is -0.0990 e. The summed E-state index contributed by atoms with van der Waals surface area (Å²) < 4.78 is -0.258. The van der Waals surface area contributed by atoms with Crippen LogP contribution in [0.5, 0.6) is 0 Å². The Morgan fingerprint density at radius 3 is 1.03 bits per heavy atom. The lowest BCUT2D eigenvalue weighted by Crippen LogP contribution is -2.40. The zero-order valence-electron chi connectivity index (χ0n) is 15.9.